The van der Waals surface area contributed by atoms with Crippen molar-refractivity contribution in [2.45, 2.75) is 58.4 Å². The van der Waals surface area contributed by atoms with Gasteiger partial charge < -0.3 is 25.2 Å². The summed E-state index contributed by atoms with van der Waals surface area (Å²) < 4.78 is 6.08. The molecule has 3 amide bonds. The van der Waals surface area contributed by atoms with Crippen molar-refractivity contribution in [3.05, 3.63) is 41.7 Å². The molecule has 0 radical (unpaired) electrons. The molecule has 10 heteroatoms. The molecule has 1 aliphatic carbocycles. The summed E-state index contributed by atoms with van der Waals surface area (Å²) in [6, 6.07) is 0.0870. The quantitative estimate of drug-likeness (QED) is 0.369. The van der Waals surface area contributed by atoms with Gasteiger partial charge in [0.1, 0.15) is 5.76 Å². The lowest BCUT2D eigenvalue weighted by molar-refractivity contribution is -0.128. The average molecular weight is 514 g/mol. The van der Waals surface area contributed by atoms with Crippen LogP contribution in [0.2, 0.25) is 0 Å². The lowest BCUT2D eigenvalue weighted by atomic mass is 9.81. The number of nitrogens with zero attached hydrogens (tertiary/aromatic N) is 4. The van der Waals surface area contributed by atoms with Gasteiger partial charge in [0.25, 0.3) is 0 Å². The molecule has 2 aliphatic rings. The fourth-order valence-corrected chi connectivity index (χ4v) is 4.56. The van der Waals surface area contributed by atoms with Gasteiger partial charge in [-0.15, -0.1) is 0 Å². The highest BCUT2D eigenvalue weighted by molar-refractivity contribution is 5.90. The first-order valence-corrected chi connectivity index (χ1v) is 13.3. The molecule has 3 N–H and O–H groups in total. The molecule has 10 nitrogen and oxygen atoms in total. The maximum atomic E-state index is 13.2. The van der Waals surface area contributed by atoms with Crippen molar-refractivity contribution in [1.82, 2.24) is 30.4 Å². The molecule has 0 bridgehead atoms. The largest absolute Gasteiger partial charge is 0.492 e. The van der Waals surface area contributed by atoms with Crippen LogP contribution in [0.25, 0.3) is 0 Å². The first-order valence-electron chi connectivity index (χ1n) is 13.3. The van der Waals surface area contributed by atoms with E-state index in [4.69, 9.17) is 4.74 Å². The average Bonchev–Trinajstić information content (AvgIpc) is 3.28. The molecule has 0 saturated carbocycles. The standard InChI is InChI=1S/C27H43N7O3/c1-6-20-18-30-24(19-29-20)32-26(36)31-22-10-12-27(2,17-23(22)37-16-8-14-33(3)4)25(35)28-13-11-21-9-7-15-34(21)5/h10,17-19,21H,6-9,11-16H2,1-5H3,(H,28,35)(H2,30,31,32,36). The summed E-state index contributed by atoms with van der Waals surface area (Å²) in [6.45, 7) is 7.02. The van der Waals surface area contributed by atoms with Crippen LogP contribution in [-0.2, 0) is 16.0 Å². The van der Waals surface area contributed by atoms with E-state index in [1.807, 2.05) is 40.1 Å². The van der Waals surface area contributed by atoms with Crippen LogP contribution in [-0.4, -0.2) is 85.1 Å². The number of anilines is 1. The second-order valence-corrected chi connectivity index (χ2v) is 10.4. The smallest absolute Gasteiger partial charge is 0.324 e. The maximum Gasteiger partial charge on any atom is 0.324 e. The van der Waals surface area contributed by atoms with Crippen LogP contribution < -0.4 is 16.0 Å². The predicted octanol–water partition coefficient (Wildman–Crippen LogP) is 2.91. The number of hydrogen-bond acceptors (Lipinski definition) is 7. The Morgan fingerprint density at radius 2 is 2.05 bits per heavy atom. The zero-order valence-corrected chi connectivity index (χ0v) is 23.0. The minimum Gasteiger partial charge on any atom is -0.492 e. The van der Waals surface area contributed by atoms with E-state index >= 15 is 0 Å². The summed E-state index contributed by atoms with van der Waals surface area (Å²) in [4.78, 5) is 38.8. The summed E-state index contributed by atoms with van der Waals surface area (Å²) in [7, 11) is 6.17. The highest BCUT2D eigenvalue weighted by Gasteiger charge is 2.35. The molecule has 1 aliphatic heterocycles. The third-order valence-corrected chi connectivity index (χ3v) is 6.96. The topological polar surface area (TPSA) is 112 Å². The molecule has 37 heavy (non-hydrogen) atoms. The Hall–Kier alpha value is -2.98. The van der Waals surface area contributed by atoms with Crippen molar-refractivity contribution in [3.8, 4) is 0 Å². The molecular formula is C27H43N7O3. The van der Waals surface area contributed by atoms with Gasteiger partial charge in [-0.3, -0.25) is 15.1 Å². The summed E-state index contributed by atoms with van der Waals surface area (Å²) in [6.07, 6.45) is 12.3. The zero-order valence-electron chi connectivity index (χ0n) is 23.0. The Kier molecular flexibility index (Phi) is 10.5. The third-order valence-electron chi connectivity index (χ3n) is 6.96. The fraction of sp³-hybridized carbons (Fsp3) is 0.630. The lowest BCUT2D eigenvalue weighted by Gasteiger charge is -2.30. The SMILES string of the molecule is CCc1cnc(NC(=O)NC2=CCC(C)(C(=O)NCCC3CCCN3C)C=C2OCCCN(C)C)cn1. The van der Waals surface area contributed by atoms with E-state index in [1.54, 1.807) is 6.20 Å². The minimum absolute atomic E-state index is 0.0337. The Bertz CT molecular complexity index is 977. The molecule has 204 valence electrons. The van der Waals surface area contributed by atoms with Gasteiger partial charge in [-0.1, -0.05) is 13.0 Å². The fourth-order valence-electron chi connectivity index (χ4n) is 4.56. The number of hydrogen-bond donors (Lipinski definition) is 3. The molecule has 0 spiro atoms. The normalized spacial score (nSPS) is 21.8. The van der Waals surface area contributed by atoms with Gasteiger partial charge in [0, 0.05) is 19.1 Å². The number of likely N-dealkylation sites (tertiary alicyclic amines) is 1. The first-order chi connectivity index (χ1) is 17.7. The number of carbonyl (C=O) groups is 2. The van der Waals surface area contributed by atoms with Crippen LogP contribution in [0.4, 0.5) is 10.6 Å². The first kappa shape index (κ1) is 28.6. The van der Waals surface area contributed by atoms with E-state index in [9.17, 15) is 9.59 Å². The lowest BCUT2D eigenvalue weighted by Crippen LogP contribution is -2.41. The molecule has 1 saturated heterocycles. The zero-order chi connectivity index (χ0) is 26.8. The van der Waals surface area contributed by atoms with Crippen molar-refractivity contribution < 1.29 is 14.3 Å². The number of urea groups is 1. The van der Waals surface area contributed by atoms with E-state index in [1.165, 1.54) is 19.0 Å². The van der Waals surface area contributed by atoms with E-state index < -0.39 is 11.4 Å². The molecule has 2 atom stereocenters. The number of aromatic nitrogens is 2. The van der Waals surface area contributed by atoms with E-state index in [2.05, 4.69) is 42.8 Å². The molecule has 1 aromatic heterocycles. The highest BCUT2D eigenvalue weighted by Crippen LogP contribution is 2.33. The van der Waals surface area contributed by atoms with Crippen molar-refractivity contribution in [2.75, 3.05) is 52.7 Å². The number of rotatable bonds is 12. The number of ether oxygens (including phenoxy) is 1. The molecule has 2 heterocycles. The number of carbonyl (C=O) groups excluding carboxylic acids is 2. The van der Waals surface area contributed by atoms with E-state index in [-0.39, 0.29) is 5.91 Å². The van der Waals surface area contributed by atoms with Crippen LogP contribution in [0.1, 0.15) is 51.6 Å². The van der Waals surface area contributed by atoms with Gasteiger partial charge in [-0.05, 0) is 79.2 Å². The molecule has 2 unspecified atom stereocenters. The van der Waals surface area contributed by atoms with Crippen molar-refractivity contribution >= 4 is 17.8 Å². The van der Waals surface area contributed by atoms with Crippen molar-refractivity contribution in [2.24, 2.45) is 5.41 Å². The monoisotopic (exact) mass is 513 g/mol. The summed E-state index contributed by atoms with van der Waals surface area (Å²) >= 11 is 0. The Balaban J connectivity index is 1.62. The summed E-state index contributed by atoms with van der Waals surface area (Å²) in [5.41, 5.74) is 0.630. The Morgan fingerprint density at radius 3 is 2.70 bits per heavy atom. The van der Waals surface area contributed by atoms with Gasteiger partial charge in [-0.25, -0.2) is 9.78 Å². The second kappa shape index (κ2) is 13.5. The molecule has 3 rings (SSSR count). The highest BCUT2D eigenvalue weighted by atomic mass is 16.5. The van der Waals surface area contributed by atoms with Crippen LogP contribution >= 0.6 is 0 Å². The number of amides is 3. The van der Waals surface area contributed by atoms with Crippen molar-refractivity contribution in [3.63, 3.8) is 0 Å². The van der Waals surface area contributed by atoms with E-state index in [0.29, 0.717) is 42.9 Å². The second-order valence-electron chi connectivity index (χ2n) is 10.4. The number of nitrogens with one attached hydrogen (secondary N) is 3. The van der Waals surface area contributed by atoms with Gasteiger partial charge in [0.05, 0.1) is 35.8 Å². The van der Waals surface area contributed by atoms with E-state index in [0.717, 1.165) is 38.0 Å². The summed E-state index contributed by atoms with van der Waals surface area (Å²) in [5.74, 6) is 0.829. The molecule has 1 aromatic rings. The Labute approximate surface area is 220 Å². The predicted molar refractivity (Wildman–Crippen MR) is 145 cm³/mol. The van der Waals surface area contributed by atoms with Crippen LogP contribution in [0.15, 0.2) is 36.0 Å². The van der Waals surface area contributed by atoms with Gasteiger partial charge >= 0.3 is 6.03 Å². The minimum atomic E-state index is -0.762. The Morgan fingerprint density at radius 1 is 1.24 bits per heavy atom. The van der Waals surface area contributed by atoms with Crippen LogP contribution in [0.3, 0.4) is 0 Å². The summed E-state index contributed by atoms with van der Waals surface area (Å²) in [5, 5.41) is 8.69. The number of allylic oxidation sites excluding steroid dienone is 1. The third kappa shape index (κ3) is 8.53. The molecule has 1 fully saturated rings. The van der Waals surface area contributed by atoms with Crippen LogP contribution in [0, 0.1) is 5.41 Å². The molecule has 0 aromatic carbocycles. The molecular weight excluding hydrogens is 470 g/mol. The van der Waals surface area contributed by atoms with Gasteiger partial charge in [0.2, 0.25) is 5.91 Å². The number of aryl methyl sites for hydroxylation is 1. The van der Waals surface area contributed by atoms with Gasteiger partial charge in [-0.2, -0.15) is 0 Å². The maximum absolute atomic E-state index is 13.2. The van der Waals surface area contributed by atoms with Crippen molar-refractivity contribution in [1.29, 1.82) is 0 Å². The van der Waals surface area contributed by atoms with Gasteiger partial charge in [0.15, 0.2) is 5.82 Å². The van der Waals surface area contributed by atoms with Crippen LogP contribution in [0.5, 0.6) is 0 Å².